The molecule has 4 nitrogen and oxygen atoms in total. The molecule has 2 aliphatic rings. The molecule has 6 heteroatoms. The summed E-state index contributed by atoms with van der Waals surface area (Å²) in [6.07, 6.45) is 8.42. The van der Waals surface area contributed by atoms with E-state index in [2.05, 4.69) is 16.1 Å². The molecular weight excluding hydrogens is 346 g/mol. The van der Waals surface area contributed by atoms with Crippen LogP contribution in [-0.4, -0.2) is 34.0 Å². The fraction of sp³-hybridized carbons (Fsp3) is 0.429. The zero-order valence-electron chi connectivity index (χ0n) is 15.1. The van der Waals surface area contributed by atoms with Gasteiger partial charge in [-0.25, -0.2) is 18.4 Å². The smallest absolute Gasteiger partial charge is 0.181 e. The molecule has 1 saturated heterocycles. The monoisotopic (exact) mass is 368 g/mol. The van der Waals surface area contributed by atoms with Crippen molar-refractivity contribution in [2.75, 3.05) is 18.0 Å². The summed E-state index contributed by atoms with van der Waals surface area (Å²) in [5, 5.41) is 5.39. The highest BCUT2D eigenvalue weighted by Crippen LogP contribution is 2.35. The summed E-state index contributed by atoms with van der Waals surface area (Å²) in [5.41, 5.74) is 3.06. The van der Waals surface area contributed by atoms with Crippen LogP contribution in [0.25, 0.3) is 16.7 Å². The standard InChI is InChI=1S/C21H22F2N4/c22-17-7-8-26(13-17)18-5-6-19(23)20(10-18)27-12-16-9-15(11-24-21(16)25-27)14-3-1-2-4-14/h5-6,9-12,14,17H,1-4,7-8,13H2/t17-/m1/s1. The van der Waals surface area contributed by atoms with Gasteiger partial charge < -0.3 is 4.90 Å². The lowest BCUT2D eigenvalue weighted by molar-refractivity contribution is 0.364. The van der Waals surface area contributed by atoms with Crippen LogP contribution in [0.2, 0.25) is 0 Å². The van der Waals surface area contributed by atoms with E-state index in [1.165, 1.54) is 37.3 Å². The molecule has 27 heavy (non-hydrogen) atoms. The van der Waals surface area contributed by atoms with Crippen LogP contribution >= 0.6 is 0 Å². The number of hydrogen-bond acceptors (Lipinski definition) is 3. The maximum atomic E-state index is 14.5. The van der Waals surface area contributed by atoms with Crippen molar-refractivity contribution in [3.63, 3.8) is 0 Å². The minimum absolute atomic E-state index is 0.349. The molecule has 5 rings (SSSR count). The van der Waals surface area contributed by atoms with Gasteiger partial charge in [0.2, 0.25) is 0 Å². The van der Waals surface area contributed by atoms with Gasteiger partial charge in [-0.05, 0) is 55.0 Å². The Bertz CT molecular complexity index is 977. The summed E-state index contributed by atoms with van der Waals surface area (Å²) in [6.45, 7) is 1.01. The minimum Gasteiger partial charge on any atom is -0.368 e. The number of pyridine rings is 1. The third kappa shape index (κ3) is 3.07. The van der Waals surface area contributed by atoms with Crippen molar-refractivity contribution in [1.29, 1.82) is 0 Å². The number of aromatic nitrogens is 3. The first-order valence-electron chi connectivity index (χ1n) is 9.71. The highest BCUT2D eigenvalue weighted by molar-refractivity contribution is 5.75. The van der Waals surface area contributed by atoms with E-state index < -0.39 is 6.17 Å². The summed E-state index contributed by atoms with van der Waals surface area (Å²) >= 11 is 0. The number of halogens is 2. The molecule has 140 valence electrons. The highest BCUT2D eigenvalue weighted by Gasteiger charge is 2.23. The summed E-state index contributed by atoms with van der Waals surface area (Å²) < 4.78 is 29.6. The van der Waals surface area contributed by atoms with Crippen LogP contribution in [0.5, 0.6) is 0 Å². The van der Waals surface area contributed by atoms with Gasteiger partial charge in [0.1, 0.15) is 17.7 Å². The van der Waals surface area contributed by atoms with E-state index >= 15 is 0 Å². The number of nitrogens with zero attached hydrogens (tertiary/aromatic N) is 4. The Morgan fingerprint density at radius 3 is 2.70 bits per heavy atom. The van der Waals surface area contributed by atoms with Crippen LogP contribution in [0, 0.1) is 5.82 Å². The van der Waals surface area contributed by atoms with Gasteiger partial charge >= 0.3 is 0 Å². The summed E-state index contributed by atoms with van der Waals surface area (Å²) in [5.74, 6) is 0.229. The molecule has 1 aromatic carbocycles. The van der Waals surface area contributed by atoms with Crippen molar-refractivity contribution in [1.82, 2.24) is 14.8 Å². The van der Waals surface area contributed by atoms with Crippen LogP contribution in [0.1, 0.15) is 43.6 Å². The molecule has 1 saturated carbocycles. The van der Waals surface area contributed by atoms with Crippen molar-refractivity contribution >= 4 is 16.7 Å². The predicted molar refractivity (Wildman–Crippen MR) is 102 cm³/mol. The van der Waals surface area contributed by atoms with Gasteiger partial charge in [0.25, 0.3) is 0 Å². The Kier molecular flexibility index (Phi) is 4.06. The Balaban J connectivity index is 1.51. The van der Waals surface area contributed by atoms with Gasteiger partial charge in [-0.1, -0.05) is 12.8 Å². The molecule has 3 heterocycles. The van der Waals surface area contributed by atoms with Crippen molar-refractivity contribution in [2.24, 2.45) is 0 Å². The summed E-state index contributed by atoms with van der Waals surface area (Å²) in [6, 6.07) is 7.02. The van der Waals surface area contributed by atoms with Gasteiger partial charge in [0.05, 0.1) is 0 Å². The van der Waals surface area contributed by atoms with Crippen molar-refractivity contribution in [2.45, 2.75) is 44.2 Å². The fourth-order valence-corrected chi connectivity index (χ4v) is 4.36. The van der Waals surface area contributed by atoms with E-state index in [0.29, 0.717) is 36.8 Å². The highest BCUT2D eigenvalue weighted by atomic mass is 19.1. The lowest BCUT2D eigenvalue weighted by Gasteiger charge is -2.18. The average Bonchev–Trinajstić information content (AvgIpc) is 3.41. The number of rotatable bonds is 3. The molecule has 0 bridgehead atoms. The SMILES string of the molecule is Fc1ccc(N2CC[C@@H](F)C2)cc1-n1cc2cc(C3CCCC3)cnc2n1. The van der Waals surface area contributed by atoms with Crippen LogP contribution < -0.4 is 4.90 Å². The molecule has 0 unspecified atom stereocenters. The first-order chi connectivity index (χ1) is 13.2. The van der Waals surface area contributed by atoms with Gasteiger partial charge in [-0.3, -0.25) is 0 Å². The van der Waals surface area contributed by atoms with Gasteiger partial charge in [-0.15, -0.1) is 5.10 Å². The Morgan fingerprint density at radius 1 is 1.07 bits per heavy atom. The first-order valence-corrected chi connectivity index (χ1v) is 9.71. The first kappa shape index (κ1) is 16.7. The van der Waals surface area contributed by atoms with Gasteiger partial charge in [0, 0.05) is 36.6 Å². The normalized spacial score (nSPS) is 20.8. The largest absolute Gasteiger partial charge is 0.368 e. The lowest BCUT2D eigenvalue weighted by atomic mass is 9.99. The minimum atomic E-state index is -0.816. The topological polar surface area (TPSA) is 34.0 Å². The van der Waals surface area contributed by atoms with E-state index in [1.54, 1.807) is 16.8 Å². The van der Waals surface area contributed by atoms with Gasteiger partial charge in [0.15, 0.2) is 5.65 Å². The van der Waals surface area contributed by atoms with E-state index in [-0.39, 0.29) is 5.82 Å². The van der Waals surface area contributed by atoms with Crippen molar-refractivity contribution in [3.8, 4) is 5.69 Å². The van der Waals surface area contributed by atoms with Crippen molar-refractivity contribution < 1.29 is 8.78 Å². The molecule has 0 amide bonds. The number of fused-ring (bicyclic) bond motifs is 1. The number of alkyl halides is 1. The summed E-state index contributed by atoms with van der Waals surface area (Å²) in [7, 11) is 0. The zero-order valence-corrected chi connectivity index (χ0v) is 15.1. The van der Waals surface area contributed by atoms with Crippen LogP contribution in [-0.2, 0) is 0 Å². The van der Waals surface area contributed by atoms with E-state index in [4.69, 9.17) is 0 Å². The second-order valence-corrected chi connectivity index (χ2v) is 7.70. The third-order valence-corrected chi connectivity index (χ3v) is 5.88. The molecule has 0 spiro atoms. The molecule has 0 N–H and O–H groups in total. The quantitative estimate of drug-likeness (QED) is 0.668. The molecule has 1 aliphatic heterocycles. The zero-order chi connectivity index (χ0) is 18.4. The number of anilines is 1. The van der Waals surface area contributed by atoms with Gasteiger partial charge in [-0.2, -0.15) is 0 Å². The maximum absolute atomic E-state index is 14.5. The molecule has 2 aromatic heterocycles. The fourth-order valence-electron chi connectivity index (χ4n) is 4.36. The molecule has 1 atom stereocenters. The second-order valence-electron chi connectivity index (χ2n) is 7.70. The Labute approximate surface area is 156 Å². The van der Waals surface area contributed by atoms with E-state index in [0.717, 1.165) is 11.1 Å². The molecular formula is C21H22F2N4. The molecule has 0 radical (unpaired) electrons. The summed E-state index contributed by atoms with van der Waals surface area (Å²) in [4.78, 5) is 6.45. The van der Waals surface area contributed by atoms with Crippen LogP contribution in [0.4, 0.5) is 14.5 Å². The molecule has 3 aromatic rings. The molecule has 1 aliphatic carbocycles. The van der Waals surface area contributed by atoms with Crippen LogP contribution in [0.15, 0.2) is 36.7 Å². The maximum Gasteiger partial charge on any atom is 0.181 e. The number of hydrogen-bond donors (Lipinski definition) is 0. The van der Waals surface area contributed by atoms with E-state index in [9.17, 15) is 8.78 Å². The Morgan fingerprint density at radius 2 is 1.93 bits per heavy atom. The molecule has 2 fully saturated rings. The lowest BCUT2D eigenvalue weighted by Crippen LogP contribution is -2.20. The second kappa shape index (κ2) is 6.59. The number of benzene rings is 1. The predicted octanol–water partition coefficient (Wildman–Crippen LogP) is 4.77. The van der Waals surface area contributed by atoms with E-state index in [1.807, 2.05) is 17.3 Å². The van der Waals surface area contributed by atoms with Crippen molar-refractivity contribution in [3.05, 3.63) is 48.0 Å². The van der Waals surface area contributed by atoms with Crippen LogP contribution in [0.3, 0.4) is 0 Å². The average molecular weight is 368 g/mol. The Hall–Kier alpha value is -2.50. The third-order valence-electron chi connectivity index (χ3n) is 5.88.